The van der Waals surface area contributed by atoms with Crippen LogP contribution in [0.3, 0.4) is 0 Å². The molecule has 0 radical (unpaired) electrons. The second kappa shape index (κ2) is 9.89. The molecule has 4 rings (SSSR count). The molecule has 0 saturated carbocycles. The first-order chi connectivity index (χ1) is 16.4. The average Bonchev–Trinajstić information content (AvgIpc) is 2.83. The van der Waals surface area contributed by atoms with Crippen molar-refractivity contribution in [2.45, 2.75) is 32.1 Å². The van der Waals surface area contributed by atoms with Gasteiger partial charge in [0.15, 0.2) is 17.3 Å². The molecule has 2 N–H and O–H groups in total. The van der Waals surface area contributed by atoms with Gasteiger partial charge in [0, 0.05) is 45.5 Å². The molecule has 9 heteroatoms. The Morgan fingerprint density at radius 1 is 1.12 bits per heavy atom. The first-order valence-electron chi connectivity index (χ1n) is 10.8. The fourth-order valence-corrected chi connectivity index (χ4v) is 4.75. The molecule has 1 aliphatic carbocycles. The van der Waals surface area contributed by atoms with Crippen LogP contribution in [0, 0.1) is 0 Å². The molecule has 1 atom stereocenters. The van der Waals surface area contributed by atoms with Crippen molar-refractivity contribution in [2.75, 3.05) is 26.6 Å². The summed E-state index contributed by atoms with van der Waals surface area (Å²) in [4.78, 5) is 31.0. The molecule has 8 nitrogen and oxygen atoms in total. The molecular formula is C25H26BrN3O5. The molecule has 34 heavy (non-hydrogen) atoms. The van der Waals surface area contributed by atoms with E-state index in [0.717, 1.165) is 23.0 Å². The van der Waals surface area contributed by atoms with E-state index in [1.165, 1.54) is 21.3 Å². The number of hydrogen-bond acceptors (Lipinski definition) is 7. The molecule has 0 bridgehead atoms. The maximum Gasteiger partial charge on any atom is 0.255 e. The van der Waals surface area contributed by atoms with Gasteiger partial charge in [0.1, 0.15) is 5.82 Å². The summed E-state index contributed by atoms with van der Waals surface area (Å²) in [6.45, 7) is 1.85. The van der Waals surface area contributed by atoms with Crippen molar-refractivity contribution in [1.29, 1.82) is 0 Å². The molecule has 2 heterocycles. The number of hydrogen-bond donors (Lipinski definition) is 2. The Labute approximate surface area is 206 Å². The fourth-order valence-electron chi connectivity index (χ4n) is 4.52. The van der Waals surface area contributed by atoms with Crippen molar-refractivity contribution in [3.05, 3.63) is 63.0 Å². The van der Waals surface area contributed by atoms with Gasteiger partial charge in [-0.3, -0.25) is 9.59 Å². The lowest BCUT2D eigenvalue weighted by Gasteiger charge is -2.34. The van der Waals surface area contributed by atoms with E-state index in [1.54, 1.807) is 30.5 Å². The van der Waals surface area contributed by atoms with E-state index in [9.17, 15) is 9.59 Å². The van der Waals surface area contributed by atoms with E-state index in [4.69, 9.17) is 14.2 Å². The van der Waals surface area contributed by atoms with Crippen molar-refractivity contribution in [1.82, 2.24) is 10.3 Å². The first-order valence-corrected chi connectivity index (χ1v) is 11.6. The van der Waals surface area contributed by atoms with Gasteiger partial charge in [0.25, 0.3) is 5.91 Å². The highest BCUT2D eigenvalue weighted by atomic mass is 79.9. The number of ether oxygens (including phenoxy) is 3. The van der Waals surface area contributed by atoms with Crippen LogP contribution < -0.4 is 24.8 Å². The number of nitrogens with zero attached hydrogens (tertiary/aromatic N) is 1. The molecule has 0 fully saturated rings. The third-order valence-corrected chi connectivity index (χ3v) is 6.48. The smallest absolute Gasteiger partial charge is 0.255 e. The monoisotopic (exact) mass is 527 g/mol. The lowest BCUT2D eigenvalue weighted by molar-refractivity contribution is -0.116. The average molecular weight is 528 g/mol. The Bertz CT molecular complexity index is 1180. The largest absolute Gasteiger partial charge is 0.493 e. The minimum absolute atomic E-state index is 0.0204. The van der Waals surface area contributed by atoms with Gasteiger partial charge in [0.2, 0.25) is 5.75 Å². The molecular weight excluding hydrogens is 502 g/mol. The van der Waals surface area contributed by atoms with Gasteiger partial charge in [-0.2, -0.15) is 0 Å². The number of halogens is 1. The topological polar surface area (TPSA) is 98.8 Å². The van der Waals surface area contributed by atoms with Crippen LogP contribution in [0.2, 0.25) is 0 Å². The van der Waals surface area contributed by atoms with E-state index in [2.05, 4.69) is 31.5 Å². The Morgan fingerprint density at radius 2 is 1.82 bits per heavy atom. The zero-order chi connectivity index (χ0) is 24.4. The lowest BCUT2D eigenvalue weighted by atomic mass is 9.75. The third kappa shape index (κ3) is 4.40. The highest BCUT2D eigenvalue weighted by Crippen LogP contribution is 2.47. The van der Waals surface area contributed by atoms with Crippen LogP contribution in [0.5, 0.6) is 17.2 Å². The fraction of sp³-hybridized carbons (Fsp3) is 0.320. The number of pyridine rings is 1. The van der Waals surface area contributed by atoms with Crippen LogP contribution >= 0.6 is 15.9 Å². The number of methoxy groups -OCH3 is 3. The number of benzene rings is 1. The van der Waals surface area contributed by atoms with E-state index in [0.29, 0.717) is 51.9 Å². The second-order valence-corrected chi connectivity index (χ2v) is 8.96. The van der Waals surface area contributed by atoms with E-state index >= 15 is 0 Å². The Hall–Kier alpha value is -3.33. The Morgan fingerprint density at radius 3 is 2.41 bits per heavy atom. The van der Waals surface area contributed by atoms with E-state index in [-0.39, 0.29) is 11.7 Å². The van der Waals surface area contributed by atoms with Crippen molar-refractivity contribution < 1.29 is 23.8 Å². The predicted molar refractivity (Wildman–Crippen MR) is 131 cm³/mol. The van der Waals surface area contributed by atoms with Crippen LogP contribution in [0.1, 0.15) is 37.7 Å². The van der Waals surface area contributed by atoms with E-state index < -0.39 is 5.92 Å². The summed E-state index contributed by atoms with van der Waals surface area (Å²) >= 11 is 3.35. The SMILES string of the molecule is COc1cc(C2C(C(=O)Nc3ccc(Br)cn3)=C(C)NC3=C2C(=O)CCC3)cc(OC)c1OC. The molecule has 1 aromatic carbocycles. The highest BCUT2D eigenvalue weighted by Gasteiger charge is 2.39. The number of allylic oxidation sites excluding steroid dienone is 3. The molecule has 1 unspecified atom stereocenters. The normalized spacial score (nSPS) is 17.7. The van der Waals surface area contributed by atoms with Gasteiger partial charge in [0.05, 0.1) is 21.3 Å². The quantitative estimate of drug-likeness (QED) is 0.571. The second-order valence-electron chi connectivity index (χ2n) is 8.04. The van der Waals surface area contributed by atoms with Crippen molar-refractivity contribution in [2.24, 2.45) is 0 Å². The number of amides is 1. The third-order valence-electron chi connectivity index (χ3n) is 6.01. The Kier molecular flexibility index (Phi) is 6.92. The summed E-state index contributed by atoms with van der Waals surface area (Å²) < 4.78 is 17.4. The zero-order valence-corrected chi connectivity index (χ0v) is 21.0. The number of dihydropyridines is 1. The lowest BCUT2D eigenvalue weighted by Crippen LogP contribution is -2.35. The number of carbonyl (C=O) groups excluding carboxylic acids is 2. The number of carbonyl (C=O) groups is 2. The van der Waals surface area contributed by atoms with Gasteiger partial charge >= 0.3 is 0 Å². The van der Waals surface area contributed by atoms with Crippen molar-refractivity contribution >= 4 is 33.4 Å². The van der Waals surface area contributed by atoms with Crippen LogP contribution in [-0.2, 0) is 9.59 Å². The molecule has 1 aromatic heterocycles. The summed E-state index contributed by atoms with van der Waals surface area (Å²) in [7, 11) is 4.60. The molecule has 0 saturated heterocycles. The maximum atomic E-state index is 13.6. The molecule has 1 aliphatic heterocycles. The van der Waals surface area contributed by atoms with Gasteiger partial charge < -0.3 is 24.8 Å². The van der Waals surface area contributed by atoms with E-state index in [1.807, 2.05) is 6.92 Å². The van der Waals surface area contributed by atoms with Gasteiger partial charge in [-0.05, 0) is 65.5 Å². The van der Waals surface area contributed by atoms with Gasteiger partial charge in [-0.15, -0.1) is 0 Å². The highest BCUT2D eigenvalue weighted by molar-refractivity contribution is 9.10. The zero-order valence-electron chi connectivity index (χ0n) is 19.5. The Balaban J connectivity index is 1.86. The van der Waals surface area contributed by atoms with Gasteiger partial charge in [-0.1, -0.05) is 0 Å². The maximum absolute atomic E-state index is 13.6. The minimum Gasteiger partial charge on any atom is -0.493 e. The summed E-state index contributed by atoms with van der Waals surface area (Å²) in [6, 6.07) is 7.09. The standard InChI is InChI=1S/C25H26BrN3O5/c1-13-21(25(31)29-20-9-8-15(26)12-27-20)22(23-16(28-13)6-5-7-17(23)30)14-10-18(32-2)24(34-4)19(11-14)33-3/h8-12,22,28H,5-7H2,1-4H3,(H,27,29,31). The molecule has 1 amide bonds. The number of nitrogens with one attached hydrogen (secondary N) is 2. The minimum atomic E-state index is -0.604. The first kappa shape index (κ1) is 23.8. The molecule has 2 aliphatic rings. The number of Topliss-reactive ketones (excluding diaryl/α,β-unsaturated/α-hetero) is 1. The molecule has 0 spiro atoms. The number of aromatic nitrogens is 1. The molecule has 2 aromatic rings. The molecule has 178 valence electrons. The predicted octanol–water partition coefficient (Wildman–Crippen LogP) is 4.48. The summed E-state index contributed by atoms with van der Waals surface area (Å²) in [5, 5.41) is 6.19. The van der Waals surface area contributed by atoms with Crippen LogP contribution in [-0.4, -0.2) is 38.0 Å². The van der Waals surface area contributed by atoms with Crippen LogP contribution in [0.25, 0.3) is 0 Å². The summed E-state index contributed by atoms with van der Waals surface area (Å²) in [5.41, 5.74) is 3.27. The number of rotatable bonds is 6. The van der Waals surface area contributed by atoms with Crippen LogP contribution in [0.15, 0.2) is 57.5 Å². The van der Waals surface area contributed by atoms with Gasteiger partial charge in [-0.25, -0.2) is 4.98 Å². The summed E-state index contributed by atoms with van der Waals surface area (Å²) in [6.07, 6.45) is 3.55. The van der Waals surface area contributed by atoms with Crippen molar-refractivity contribution in [3.8, 4) is 17.2 Å². The number of ketones is 1. The van der Waals surface area contributed by atoms with Crippen LogP contribution in [0.4, 0.5) is 5.82 Å². The number of anilines is 1. The summed E-state index contributed by atoms with van der Waals surface area (Å²) in [5.74, 6) is 0.828. The van der Waals surface area contributed by atoms with Crippen molar-refractivity contribution in [3.63, 3.8) is 0 Å².